The average molecular weight is 355 g/mol. The van der Waals surface area contributed by atoms with E-state index in [-0.39, 0.29) is 35.1 Å². The van der Waals surface area contributed by atoms with Gasteiger partial charge in [0.05, 0.1) is 23.0 Å². The molecule has 2 fully saturated rings. The molecular formula is C12H22N2O4S3. The summed E-state index contributed by atoms with van der Waals surface area (Å²) >= 11 is 5.39. The lowest BCUT2D eigenvalue weighted by atomic mass is 10.2. The lowest BCUT2D eigenvalue weighted by Gasteiger charge is -2.32. The van der Waals surface area contributed by atoms with Crippen molar-refractivity contribution >= 4 is 37.0 Å². The second kappa shape index (κ2) is 6.37. The molecule has 2 unspecified atom stereocenters. The second-order valence-electron chi connectivity index (χ2n) is 5.80. The van der Waals surface area contributed by atoms with Gasteiger partial charge < -0.3 is 10.2 Å². The Bertz CT molecular complexity index is 600. The molecule has 2 rings (SSSR count). The number of nitrogens with zero attached hydrogens (tertiary/aromatic N) is 1. The zero-order chi connectivity index (χ0) is 15.7. The summed E-state index contributed by atoms with van der Waals surface area (Å²) in [4.78, 5) is 1.92. The molecule has 0 amide bonds. The van der Waals surface area contributed by atoms with E-state index in [0.717, 1.165) is 6.42 Å². The number of nitrogens with one attached hydrogen (secondary N) is 1. The molecule has 2 aliphatic heterocycles. The Morgan fingerprint density at radius 1 is 1.14 bits per heavy atom. The number of hydrogen-bond acceptors (Lipinski definition) is 5. The highest BCUT2D eigenvalue weighted by atomic mass is 32.2. The lowest BCUT2D eigenvalue weighted by molar-refractivity contribution is 0.326. The Kier molecular flexibility index (Phi) is 5.15. The molecule has 6 nitrogen and oxygen atoms in total. The first-order chi connectivity index (χ1) is 9.72. The predicted molar refractivity (Wildman–Crippen MR) is 86.8 cm³/mol. The second-order valence-corrected chi connectivity index (χ2v) is 10.6. The summed E-state index contributed by atoms with van der Waals surface area (Å²) in [6.45, 7) is 2.70. The summed E-state index contributed by atoms with van der Waals surface area (Å²) in [6, 6.07) is -0.243. The van der Waals surface area contributed by atoms with E-state index in [4.69, 9.17) is 12.2 Å². The van der Waals surface area contributed by atoms with Crippen LogP contribution < -0.4 is 5.32 Å². The number of sulfone groups is 2. The molecule has 0 saturated carbocycles. The van der Waals surface area contributed by atoms with E-state index in [2.05, 4.69) is 5.32 Å². The maximum Gasteiger partial charge on any atom is 0.169 e. The van der Waals surface area contributed by atoms with Crippen LogP contribution in [0, 0.1) is 0 Å². The third-order valence-electron chi connectivity index (χ3n) is 3.93. The Labute approximate surface area is 132 Å². The first kappa shape index (κ1) is 17.0. The van der Waals surface area contributed by atoms with E-state index >= 15 is 0 Å². The van der Waals surface area contributed by atoms with Crippen LogP contribution >= 0.6 is 12.2 Å². The molecule has 9 heteroatoms. The summed E-state index contributed by atoms with van der Waals surface area (Å²) in [5, 5.41) is 3.59. The van der Waals surface area contributed by atoms with Gasteiger partial charge in [0.2, 0.25) is 0 Å². The van der Waals surface area contributed by atoms with Crippen LogP contribution in [0.5, 0.6) is 0 Å². The fraction of sp³-hybridized carbons (Fsp3) is 0.917. The first-order valence-corrected chi connectivity index (χ1v) is 11.3. The van der Waals surface area contributed by atoms with Gasteiger partial charge in [-0.2, -0.15) is 0 Å². The smallest absolute Gasteiger partial charge is 0.169 e. The molecule has 0 bridgehead atoms. The topological polar surface area (TPSA) is 83.6 Å². The molecule has 0 spiro atoms. The molecular weight excluding hydrogens is 332 g/mol. The number of rotatable bonds is 4. The van der Waals surface area contributed by atoms with Gasteiger partial charge >= 0.3 is 0 Å². The van der Waals surface area contributed by atoms with Crippen molar-refractivity contribution in [3.05, 3.63) is 0 Å². The minimum absolute atomic E-state index is 0.0899. The van der Waals surface area contributed by atoms with Gasteiger partial charge in [-0.15, -0.1) is 0 Å². The molecule has 1 N–H and O–H groups in total. The van der Waals surface area contributed by atoms with E-state index in [1.54, 1.807) is 0 Å². The van der Waals surface area contributed by atoms with E-state index in [9.17, 15) is 16.8 Å². The molecule has 2 aliphatic rings. The van der Waals surface area contributed by atoms with E-state index in [1.165, 1.54) is 0 Å². The molecule has 0 aromatic rings. The summed E-state index contributed by atoms with van der Waals surface area (Å²) in [6.07, 6.45) is 2.01. The fourth-order valence-electron chi connectivity index (χ4n) is 2.88. The van der Waals surface area contributed by atoms with Crippen LogP contribution in [0.2, 0.25) is 0 Å². The minimum atomic E-state index is -2.96. The van der Waals surface area contributed by atoms with Crippen LogP contribution in [0.3, 0.4) is 0 Å². The Balaban J connectivity index is 2.00. The van der Waals surface area contributed by atoms with Crippen molar-refractivity contribution in [1.29, 1.82) is 0 Å². The van der Waals surface area contributed by atoms with Crippen molar-refractivity contribution in [3.8, 4) is 0 Å². The molecule has 0 aromatic heterocycles. The van der Waals surface area contributed by atoms with Crippen LogP contribution in [0.4, 0.5) is 0 Å². The van der Waals surface area contributed by atoms with Crippen LogP contribution in [-0.2, 0) is 19.7 Å². The lowest BCUT2D eigenvalue weighted by Crippen LogP contribution is -2.50. The van der Waals surface area contributed by atoms with E-state index < -0.39 is 19.7 Å². The Morgan fingerprint density at radius 2 is 1.76 bits per heavy atom. The van der Waals surface area contributed by atoms with Gasteiger partial charge in [0.25, 0.3) is 0 Å². The highest BCUT2D eigenvalue weighted by Crippen LogP contribution is 2.19. The summed E-state index contributed by atoms with van der Waals surface area (Å²) in [5.74, 6) is 0.644. The van der Waals surface area contributed by atoms with Crippen molar-refractivity contribution in [1.82, 2.24) is 10.2 Å². The maximum atomic E-state index is 11.6. The summed E-state index contributed by atoms with van der Waals surface area (Å²) < 4.78 is 46.2. The molecule has 2 heterocycles. The molecule has 21 heavy (non-hydrogen) atoms. The molecule has 2 atom stereocenters. The summed E-state index contributed by atoms with van der Waals surface area (Å²) in [5.41, 5.74) is 0. The molecule has 0 aromatic carbocycles. The van der Waals surface area contributed by atoms with Crippen molar-refractivity contribution in [2.45, 2.75) is 38.3 Å². The third-order valence-corrected chi connectivity index (χ3v) is 7.81. The van der Waals surface area contributed by atoms with Crippen molar-refractivity contribution in [2.24, 2.45) is 0 Å². The van der Waals surface area contributed by atoms with Crippen molar-refractivity contribution in [2.75, 3.05) is 29.6 Å². The summed E-state index contributed by atoms with van der Waals surface area (Å²) in [7, 11) is -5.92. The first-order valence-electron chi connectivity index (χ1n) is 7.20. The number of thiocarbonyl (C=S) groups is 1. The highest BCUT2D eigenvalue weighted by molar-refractivity contribution is 7.92. The SMILES string of the molecule is CCCN(C(=S)NC1CCS(=O)(=O)C1)C1CCS(=O)(=O)C1. The molecule has 122 valence electrons. The van der Waals surface area contributed by atoms with Crippen molar-refractivity contribution in [3.63, 3.8) is 0 Å². The van der Waals surface area contributed by atoms with Gasteiger partial charge in [-0.1, -0.05) is 6.92 Å². The van der Waals surface area contributed by atoms with Crippen LogP contribution in [0.1, 0.15) is 26.2 Å². The van der Waals surface area contributed by atoms with Crippen LogP contribution in [0.15, 0.2) is 0 Å². The van der Waals surface area contributed by atoms with Gasteiger partial charge in [-0.05, 0) is 31.5 Å². The quantitative estimate of drug-likeness (QED) is 0.709. The van der Waals surface area contributed by atoms with Crippen LogP contribution in [-0.4, -0.2) is 68.5 Å². The largest absolute Gasteiger partial charge is 0.359 e. The zero-order valence-corrected chi connectivity index (χ0v) is 14.6. The van der Waals surface area contributed by atoms with Crippen molar-refractivity contribution < 1.29 is 16.8 Å². The maximum absolute atomic E-state index is 11.6. The van der Waals surface area contributed by atoms with Gasteiger partial charge in [0, 0.05) is 18.6 Å². The number of hydrogen-bond donors (Lipinski definition) is 1. The third kappa shape index (κ3) is 4.53. The minimum Gasteiger partial charge on any atom is -0.359 e. The normalized spacial score (nSPS) is 30.1. The van der Waals surface area contributed by atoms with E-state index in [1.807, 2.05) is 11.8 Å². The van der Waals surface area contributed by atoms with Gasteiger partial charge in [0.15, 0.2) is 24.8 Å². The Morgan fingerprint density at radius 3 is 2.24 bits per heavy atom. The van der Waals surface area contributed by atoms with E-state index in [0.29, 0.717) is 24.5 Å². The zero-order valence-electron chi connectivity index (χ0n) is 12.1. The predicted octanol–water partition coefficient (Wildman–Crippen LogP) is -0.0529. The Hall–Kier alpha value is -0.410. The van der Waals surface area contributed by atoms with Gasteiger partial charge in [-0.3, -0.25) is 0 Å². The molecule has 0 radical (unpaired) electrons. The monoisotopic (exact) mass is 354 g/mol. The van der Waals surface area contributed by atoms with Crippen LogP contribution in [0.25, 0.3) is 0 Å². The average Bonchev–Trinajstić information content (AvgIpc) is 2.88. The fourth-order valence-corrected chi connectivity index (χ4v) is 6.69. The highest BCUT2D eigenvalue weighted by Gasteiger charge is 2.35. The van der Waals surface area contributed by atoms with Gasteiger partial charge in [-0.25, -0.2) is 16.8 Å². The standard InChI is InChI=1S/C12H22N2O4S3/c1-2-5-14(11-4-7-21(17,18)9-11)12(19)13-10-3-6-20(15,16)8-10/h10-11H,2-9H2,1H3,(H,13,19). The molecule has 2 saturated heterocycles. The van der Waals surface area contributed by atoms with Gasteiger partial charge in [0.1, 0.15) is 0 Å². The molecule has 0 aliphatic carbocycles.